The average Bonchev–Trinajstić information content (AvgIpc) is 2.16. The first-order valence-corrected chi connectivity index (χ1v) is 5.31. The molecule has 0 rings (SSSR count). The molecule has 0 fully saturated rings. The van der Waals surface area contributed by atoms with E-state index in [9.17, 15) is 9.59 Å². The highest BCUT2D eigenvalue weighted by Crippen LogP contribution is 2.02. The summed E-state index contributed by atoms with van der Waals surface area (Å²) < 4.78 is 4.95. The summed E-state index contributed by atoms with van der Waals surface area (Å²) in [6, 6.07) is 0. The number of ether oxygens (including phenoxy) is 1. The Morgan fingerprint density at radius 1 is 1.50 bits per heavy atom. The van der Waals surface area contributed by atoms with Crippen molar-refractivity contribution in [3.63, 3.8) is 0 Å². The van der Waals surface area contributed by atoms with Gasteiger partial charge in [-0.25, -0.2) is 4.79 Å². The average molecular weight is 229 g/mol. The zero-order chi connectivity index (χ0) is 12.6. The predicted octanol–water partition coefficient (Wildman–Crippen LogP) is 1.30. The maximum atomic E-state index is 11.3. The van der Waals surface area contributed by atoms with Crippen LogP contribution in [0.3, 0.4) is 0 Å². The highest BCUT2D eigenvalue weighted by molar-refractivity contribution is 5.92. The van der Waals surface area contributed by atoms with Crippen molar-refractivity contribution in [2.45, 2.75) is 39.3 Å². The predicted molar refractivity (Wildman–Crippen MR) is 59.9 cm³/mol. The molecule has 2 N–H and O–H groups in total. The third kappa shape index (κ3) is 7.00. The largest absolute Gasteiger partial charge is 0.481 e. The van der Waals surface area contributed by atoms with E-state index < -0.39 is 18.2 Å². The van der Waals surface area contributed by atoms with Gasteiger partial charge in [0, 0.05) is 5.57 Å². The van der Waals surface area contributed by atoms with Gasteiger partial charge in [0.15, 0.2) is 6.23 Å². The minimum absolute atomic E-state index is 0.0448. The summed E-state index contributed by atoms with van der Waals surface area (Å²) in [6.07, 6.45) is 1.24. The van der Waals surface area contributed by atoms with Crippen LogP contribution < -0.4 is 5.32 Å². The minimum atomic E-state index is -1.09. The smallest absolute Gasteiger partial charge is 0.335 e. The number of carbonyl (C=O) groups excluding carboxylic acids is 1. The lowest BCUT2D eigenvalue weighted by atomic mass is 10.2. The first-order valence-electron chi connectivity index (χ1n) is 5.31. The second kappa shape index (κ2) is 7.87. The summed E-state index contributed by atoms with van der Waals surface area (Å²) in [4.78, 5) is 21.6. The molecule has 0 saturated carbocycles. The third-order valence-electron chi connectivity index (χ3n) is 1.90. The normalized spacial score (nSPS) is 11.9. The van der Waals surface area contributed by atoms with Gasteiger partial charge in [0.25, 0.3) is 0 Å². The molecule has 0 aliphatic carbocycles. The van der Waals surface area contributed by atoms with Crippen LogP contribution in [0.5, 0.6) is 0 Å². The molecule has 0 aromatic heterocycles. The quantitative estimate of drug-likeness (QED) is 0.284. The van der Waals surface area contributed by atoms with E-state index in [1.165, 1.54) is 0 Å². The van der Waals surface area contributed by atoms with Crippen molar-refractivity contribution in [3.05, 3.63) is 12.2 Å². The number of unbranched alkanes of at least 4 members (excludes halogenated alkanes) is 1. The van der Waals surface area contributed by atoms with Gasteiger partial charge < -0.3 is 9.84 Å². The van der Waals surface area contributed by atoms with Crippen molar-refractivity contribution in [1.82, 2.24) is 5.32 Å². The Kier molecular flexibility index (Phi) is 7.20. The van der Waals surface area contributed by atoms with E-state index in [2.05, 4.69) is 18.8 Å². The number of hydrogen-bond donors (Lipinski definition) is 2. The fraction of sp³-hybridized carbons (Fsp3) is 0.636. The molecule has 0 spiro atoms. The second-order valence-electron chi connectivity index (χ2n) is 3.53. The van der Waals surface area contributed by atoms with E-state index in [1.807, 2.05) is 0 Å². The van der Waals surface area contributed by atoms with Crippen LogP contribution in [0.1, 0.15) is 33.1 Å². The third-order valence-corrected chi connectivity index (χ3v) is 1.90. The zero-order valence-electron chi connectivity index (χ0n) is 9.78. The van der Waals surface area contributed by atoms with Crippen LogP contribution in [0, 0.1) is 0 Å². The van der Waals surface area contributed by atoms with Crippen LogP contribution in [-0.2, 0) is 14.3 Å². The molecule has 0 aliphatic rings. The van der Waals surface area contributed by atoms with E-state index in [4.69, 9.17) is 9.84 Å². The van der Waals surface area contributed by atoms with Crippen LogP contribution in [0.4, 0.5) is 0 Å². The fourth-order valence-corrected chi connectivity index (χ4v) is 1.02. The van der Waals surface area contributed by atoms with Crippen molar-refractivity contribution in [3.8, 4) is 0 Å². The molecule has 0 saturated heterocycles. The first kappa shape index (κ1) is 14.6. The molecule has 0 amide bonds. The van der Waals surface area contributed by atoms with Gasteiger partial charge in [-0.3, -0.25) is 10.1 Å². The van der Waals surface area contributed by atoms with Gasteiger partial charge in [-0.2, -0.15) is 0 Å². The van der Waals surface area contributed by atoms with Crippen molar-refractivity contribution in [2.75, 3.05) is 6.54 Å². The van der Waals surface area contributed by atoms with E-state index >= 15 is 0 Å². The molecule has 0 heterocycles. The lowest BCUT2D eigenvalue weighted by Gasteiger charge is -2.15. The van der Waals surface area contributed by atoms with Gasteiger partial charge in [-0.05, 0) is 19.9 Å². The van der Waals surface area contributed by atoms with Crippen LogP contribution >= 0.6 is 0 Å². The number of aliphatic carboxylic acids is 1. The molecule has 0 bridgehead atoms. The Labute approximate surface area is 95.5 Å². The molecule has 0 aliphatic heterocycles. The van der Waals surface area contributed by atoms with Crippen LogP contribution in [-0.4, -0.2) is 29.8 Å². The van der Waals surface area contributed by atoms with E-state index in [0.717, 1.165) is 19.4 Å². The molecule has 5 heteroatoms. The first-order chi connectivity index (χ1) is 7.47. The summed E-state index contributed by atoms with van der Waals surface area (Å²) in [5.41, 5.74) is -0.0448. The zero-order valence-corrected chi connectivity index (χ0v) is 9.78. The molecule has 16 heavy (non-hydrogen) atoms. The maximum absolute atomic E-state index is 11.3. The maximum Gasteiger partial charge on any atom is 0.335 e. The molecule has 0 radical (unpaired) electrons. The number of carboxylic acids is 1. The highest BCUT2D eigenvalue weighted by Gasteiger charge is 2.14. The Balaban J connectivity index is 3.85. The molecule has 1 atom stereocenters. The topological polar surface area (TPSA) is 75.6 Å². The summed E-state index contributed by atoms with van der Waals surface area (Å²) >= 11 is 0. The number of esters is 1. The molecular weight excluding hydrogens is 210 g/mol. The molecule has 92 valence electrons. The molecule has 5 nitrogen and oxygen atoms in total. The summed E-state index contributed by atoms with van der Waals surface area (Å²) in [5, 5.41) is 11.4. The Hall–Kier alpha value is -1.36. The lowest BCUT2D eigenvalue weighted by Crippen LogP contribution is -2.32. The number of carboxylic acid groups (broad SMARTS) is 1. The van der Waals surface area contributed by atoms with Crippen molar-refractivity contribution >= 4 is 11.9 Å². The van der Waals surface area contributed by atoms with Crippen molar-refractivity contribution in [2.24, 2.45) is 0 Å². The van der Waals surface area contributed by atoms with Gasteiger partial charge in [0.1, 0.15) is 0 Å². The molecule has 0 aromatic carbocycles. The SMILES string of the molecule is C=C(CC(=O)O)C(=O)OC(C)NCCCC. The Morgan fingerprint density at radius 2 is 2.12 bits per heavy atom. The summed E-state index contributed by atoms with van der Waals surface area (Å²) in [7, 11) is 0. The van der Waals surface area contributed by atoms with Crippen molar-refractivity contribution in [1.29, 1.82) is 0 Å². The van der Waals surface area contributed by atoms with E-state index in [1.54, 1.807) is 6.92 Å². The monoisotopic (exact) mass is 229 g/mol. The summed E-state index contributed by atoms with van der Waals surface area (Å²) in [6.45, 7) is 7.88. The van der Waals surface area contributed by atoms with Gasteiger partial charge in [0.2, 0.25) is 0 Å². The standard InChI is InChI=1S/C11H19NO4/c1-4-5-6-12-9(3)16-11(15)8(2)7-10(13)14/h9,12H,2,4-7H2,1,3H3,(H,13,14). The van der Waals surface area contributed by atoms with Crippen molar-refractivity contribution < 1.29 is 19.4 Å². The van der Waals surface area contributed by atoms with Gasteiger partial charge in [0.05, 0.1) is 6.42 Å². The van der Waals surface area contributed by atoms with Gasteiger partial charge in [-0.15, -0.1) is 0 Å². The molecule has 1 unspecified atom stereocenters. The molecule has 0 aromatic rings. The van der Waals surface area contributed by atoms with E-state index in [-0.39, 0.29) is 12.0 Å². The Bertz CT molecular complexity index is 263. The molecular formula is C11H19NO4. The number of carbonyl (C=O) groups is 2. The second-order valence-corrected chi connectivity index (χ2v) is 3.53. The fourth-order valence-electron chi connectivity index (χ4n) is 1.02. The van der Waals surface area contributed by atoms with E-state index in [0.29, 0.717) is 0 Å². The summed E-state index contributed by atoms with van der Waals surface area (Å²) in [5.74, 6) is -1.76. The minimum Gasteiger partial charge on any atom is -0.481 e. The highest BCUT2D eigenvalue weighted by atomic mass is 16.6. The van der Waals surface area contributed by atoms with Gasteiger partial charge in [-0.1, -0.05) is 19.9 Å². The number of hydrogen-bond acceptors (Lipinski definition) is 4. The number of rotatable bonds is 8. The van der Waals surface area contributed by atoms with Crippen LogP contribution in [0.2, 0.25) is 0 Å². The van der Waals surface area contributed by atoms with Gasteiger partial charge >= 0.3 is 11.9 Å². The lowest BCUT2D eigenvalue weighted by molar-refractivity contribution is -0.147. The van der Waals surface area contributed by atoms with Crippen LogP contribution in [0.25, 0.3) is 0 Å². The number of nitrogens with one attached hydrogen (secondary N) is 1. The van der Waals surface area contributed by atoms with Crippen LogP contribution in [0.15, 0.2) is 12.2 Å². The Morgan fingerprint density at radius 3 is 2.62 bits per heavy atom.